The summed E-state index contributed by atoms with van der Waals surface area (Å²) >= 11 is 0. The predicted molar refractivity (Wildman–Crippen MR) is 221 cm³/mol. The maximum absolute atomic E-state index is 9.38. The Kier molecular flexibility index (Phi) is 9.18. The summed E-state index contributed by atoms with van der Waals surface area (Å²) in [6, 6.07) is 64.4. The van der Waals surface area contributed by atoms with Crippen molar-refractivity contribution in [2.75, 3.05) is 0 Å². The van der Waals surface area contributed by atoms with Gasteiger partial charge in [-0.2, -0.15) is 5.26 Å². The van der Waals surface area contributed by atoms with Crippen LogP contribution in [-0.4, -0.2) is 29.9 Å². The molecule has 0 spiro atoms. The van der Waals surface area contributed by atoms with Crippen molar-refractivity contribution in [2.24, 2.45) is 0 Å². The Morgan fingerprint density at radius 1 is 0.250 bits per heavy atom. The van der Waals surface area contributed by atoms with Gasteiger partial charge >= 0.3 is 0 Å². The summed E-state index contributed by atoms with van der Waals surface area (Å²) < 4.78 is 0. The van der Waals surface area contributed by atoms with Gasteiger partial charge in [-0.1, -0.05) is 158 Å². The molecule has 2 aromatic heterocycles. The van der Waals surface area contributed by atoms with E-state index in [1.807, 2.05) is 127 Å². The van der Waals surface area contributed by atoms with E-state index in [9.17, 15) is 5.26 Å². The third kappa shape index (κ3) is 7.19. The molecule has 2 heterocycles. The first-order valence-electron chi connectivity index (χ1n) is 18.2. The monoisotopic (exact) mass is 717 g/mol. The normalized spacial score (nSPS) is 10.8. The zero-order valence-electron chi connectivity index (χ0n) is 30.0. The average molecular weight is 718 g/mol. The van der Waals surface area contributed by atoms with Gasteiger partial charge in [0.05, 0.1) is 11.6 Å². The topological polar surface area (TPSA) is 101 Å². The molecule has 0 bridgehead atoms. The number of hydrogen-bond acceptors (Lipinski definition) is 7. The van der Waals surface area contributed by atoms with Gasteiger partial charge < -0.3 is 0 Å². The fourth-order valence-corrected chi connectivity index (χ4v) is 6.49. The second-order valence-electron chi connectivity index (χ2n) is 13.1. The molecule has 9 aromatic rings. The highest BCUT2D eigenvalue weighted by Crippen LogP contribution is 2.31. The van der Waals surface area contributed by atoms with E-state index in [0.717, 1.165) is 55.6 Å². The van der Waals surface area contributed by atoms with E-state index in [1.54, 1.807) is 12.1 Å². The predicted octanol–water partition coefficient (Wildman–Crippen LogP) is 11.3. The maximum atomic E-state index is 9.38. The Balaban J connectivity index is 1.07. The number of benzene rings is 7. The van der Waals surface area contributed by atoms with Gasteiger partial charge in [-0.05, 0) is 52.6 Å². The van der Waals surface area contributed by atoms with Crippen LogP contribution in [0.1, 0.15) is 5.56 Å². The molecule has 0 aliphatic rings. The van der Waals surface area contributed by atoms with E-state index < -0.39 is 0 Å². The summed E-state index contributed by atoms with van der Waals surface area (Å²) in [7, 11) is 0. The summed E-state index contributed by atoms with van der Waals surface area (Å²) in [5.41, 5.74) is 10.1. The fraction of sp³-hybridized carbons (Fsp3) is 0. The molecule has 56 heavy (non-hydrogen) atoms. The lowest BCUT2D eigenvalue weighted by molar-refractivity contribution is 1.07. The van der Waals surface area contributed by atoms with Crippen LogP contribution in [0.3, 0.4) is 0 Å². The minimum Gasteiger partial charge on any atom is -0.208 e. The largest absolute Gasteiger partial charge is 0.208 e. The third-order valence-corrected chi connectivity index (χ3v) is 9.45. The molecule has 7 nitrogen and oxygen atoms in total. The van der Waals surface area contributed by atoms with E-state index in [4.69, 9.17) is 29.9 Å². The molecule has 9 rings (SSSR count). The van der Waals surface area contributed by atoms with Crippen molar-refractivity contribution in [1.29, 1.82) is 5.26 Å². The highest BCUT2D eigenvalue weighted by Gasteiger charge is 2.15. The lowest BCUT2D eigenvalue weighted by Crippen LogP contribution is -2.00. The minimum atomic E-state index is 0.528. The van der Waals surface area contributed by atoms with Crippen LogP contribution in [0, 0.1) is 11.3 Å². The lowest BCUT2D eigenvalue weighted by Gasteiger charge is -2.11. The van der Waals surface area contributed by atoms with Crippen molar-refractivity contribution >= 4 is 0 Å². The molecule has 7 aromatic carbocycles. The smallest absolute Gasteiger partial charge is 0.164 e. The van der Waals surface area contributed by atoms with E-state index in [-0.39, 0.29) is 0 Å². The van der Waals surface area contributed by atoms with E-state index >= 15 is 0 Å². The molecule has 0 radical (unpaired) electrons. The molecular weight excluding hydrogens is 687 g/mol. The van der Waals surface area contributed by atoms with Crippen LogP contribution >= 0.6 is 0 Å². The second kappa shape index (κ2) is 15.2. The van der Waals surface area contributed by atoms with Crippen molar-refractivity contribution in [3.05, 3.63) is 194 Å². The molecule has 0 N–H and O–H groups in total. The van der Waals surface area contributed by atoms with Gasteiger partial charge in [0.2, 0.25) is 0 Å². The van der Waals surface area contributed by atoms with Crippen LogP contribution < -0.4 is 0 Å². The molecular formula is C49H31N7. The number of rotatable bonds is 8. The van der Waals surface area contributed by atoms with Gasteiger partial charge in [-0.25, -0.2) is 29.9 Å². The molecule has 0 aliphatic heterocycles. The Hall–Kier alpha value is -7.95. The van der Waals surface area contributed by atoms with Crippen molar-refractivity contribution < 1.29 is 0 Å². The van der Waals surface area contributed by atoms with Gasteiger partial charge in [0.15, 0.2) is 34.9 Å². The zero-order chi connectivity index (χ0) is 37.7. The van der Waals surface area contributed by atoms with Gasteiger partial charge in [-0.3, -0.25) is 0 Å². The molecule has 0 saturated heterocycles. The van der Waals surface area contributed by atoms with Crippen LogP contribution in [0.15, 0.2) is 188 Å². The first kappa shape index (κ1) is 33.9. The minimum absolute atomic E-state index is 0.528. The van der Waals surface area contributed by atoms with Crippen molar-refractivity contribution in [1.82, 2.24) is 29.9 Å². The second-order valence-corrected chi connectivity index (χ2v) is 13.1. The van der Waals surface area contributed by atoms with Crippen LogP contribution in [-0.2, 0) is 0 Å². The van der Waals surface area contributed by atoms with E-state index in [1.165, 1.54) is 0 Å². The van der Waals surface area contributed by atoms with E-state index in [0.29, 0.717) is 40.5 Å². The Morgan fingerprint density at radius 3 is 0.929 bits per heavy atom. The summed E-state index contributed by atoms with van der Waals surface area (Å²) in [5, 5.41) is 9.38. The first-order chi connectivity index (χ1) is 27.7. The quantitative estimate of drug-likeness (QED) is 0.154. The summed E-state index contributed by atoms with van der Waals surface area (Å²) in [5.74, 6) is 3.48. The van der Waals surface area contributed by atoms with Crippen molar-refractivity contribution in [2.45, 2.75) is 0 Å². The van der Waals surface area contributed by atoms with Crippen molar-refractivity contribution in [3.8, 4) is 96.7 Å². The number of nitrogens with zero attached hydrogens (tertiary/aromatic N) is 7. The average Bonchev–Trinajstić information content (AvgIpc) is 3.30. The first-order valence-corrected chi connectivity index (χ1v) is 18.2. The highest BCUT2D eigenvalue weighted by molar-refractivity contribution is 5.75. The summed E-state index contributed by atoms with van der Waals surface area (Å²) in [6.45, 7) is 0. The molecule has 0 fully saturated rings. The van der Waals surface area contributed by atoms with Crippen LogP contribution in [0.2, 0.25) is 0 Å². The molecule has 0 amide bonds. The number of hydrogen-bond donors (Lipinski definition) is 0. The molecule has 0 unspecified atom stereocenters. The summed E-state index contributed by atoms with van der Waals surface area (Å²) in [4.78, 5) is 29.5. The molecule has 262 valence electrons. The molecule has 0 atom stereocenters. The van der Waals surface area contributed by atoms with Crippen molar-refractivity contribution in [3.63, 3.8) is 0 Å². The molecule has 0 saturated carbocycles. The van der Waals surface area contributed by atoms with Gasteiger partial charge in [0.1, 0.15) is 0 Å². The summed E-state index contributed by atoms with van der Waals surface area (Å²) in [6.07, 6.45) is 0. The fourth-order valence-electron chi connectivity index (χ4n) is 6.49. The Bertz CT molecular complexity index is 2760. The van der Waals surface area contributed by atoms with Crippen LogP contribution in [0.4, 0.5) is 0 Å². The Morgan fingerprint density at radius 2 is 0.518 bits per heavy atom. The Labute approximate surface area is 324 Å². The maximum Gasteiger partial charge on any atom is 0.164 e. The standard InChI is InChI=1S/C49H31N7/c50-32-33-19-21-39(22-20-33)46-52-47(40-27-23-35(24-28-40)34-11-4-1-5-12-34)54-48(53-46)41-29-25-36(26-30-41)42-17-10-18-43(31-42)49-55-44(37-13-6-2-7-14-37)51-45(56-49)38-15-8-3-9-16-38/h1-31H. The van der Waals surface area contributed by atoms with Crippen LogP contribution in [0.25, 0.3) is 90.6 Å². The zero-order valence-corrected chi connectivity index (χ0v) is 30.0. The molecule has 7 heteroatoms. The van der Waals surface area contributed by atoms with Gasteiger partial charge in [-0.15, -0.1) is 0 Å². The lowest BCUT2D eigenvalue weighted by atomic mass is 10.0. The van der Waals surface area contributed by atoms with E-state index in [2.05, 4.69) is 54.6 Å². The highest BCUT2D eigenvalue weighted by atomic mass is 15.0. The third-order valence-electron chi connectivity index (χ3n) is 9.45. The number of nitriles is 1. The van der Waals surface area contributed by atoms with Crippen LogP contribution in [0.5, 0.6) is 0 Å². The van der Waals surface area contributed by atoms with Gasteiger partial charge in [0.25, 0.3) is 0 Å². The molecule has 0 aliphatic carbocycles. The number of aromatic nitrogens is 6. The van der Waals surface area contributed by atoms with Gasteiger partial charge in [0, 0.05) is 33.4 Å². The SMILES string of the molecule is N#Cc1ccc(-c2nc(-c3ccc(-c4ccccc4)cc3)nc(-c3ccc(-c4cccc(-c5nc(-c6ccccc6)nc(-c6ccccc6)n5)c4)cc3)n2)cc1.